The van der Waals surface area contributed by atoms with Crippen LogP contribution in [0.15, 0.2) is 18.2 Å². The lowest BCUT2D eigenvalue weighted by Crippen LogP contribution is -2.33. The summed E-state index contributed by atoms with van der Waals surface area (Å²) in [7, 11) is 1.61. The van der Waals surface area contributed by atoms with Gasteiger partial charge < -0.3 is 15.7 Å². The monoisotopic (exact) mass is 262 g/mol. The summed E-state index contributed by atoms with van der Waals surface area (Å²) in [6, 6.07) is 4.56. The van der Waals surface area contributed by atoms with Gasteiger partial charge in [-0.05, 0) is 37.0 Å². The number of hydrogen-bond acceptors (Lipinski definition) is 3. The average molecular weight is 262 g/mol. The second kappa shape index (κ2) is 4.91. The molecule has 0 radical (unpaired) electrons. The first-order valence-corrected chi connectivity index (χ1v) is 6.32. The Hall–Kier alpha value is -2.04. The highest BCUT2D eigenvalue weighted by molar-refractivity contribution is 6.03. The van der Waals surface area contributed by atoms with Gasteiger partial charge in [-0.15, -0.1) is 0 Å². The third-order valence-electron chi connectivity index (χ3n) is 3.66. The highest BCUT2D eigenvalue weighted by Gasteiger charge is 2.35. The van der Waals surface area contributed by atoms with E-state index in [2.05, 4.69) is 0 Å². The van der Waals surface area contributed by atoms with Crippen LogP contribution >= 0.6 is 0 Å². The van der Waals surface area contributed by atoms with Crippen LogP contribution in [0.2, 0.25) is 0 Å². The lowest BCUT2D eigenvalue weighted by atomic mass is 10.0. The molecule has 2 rings (SSSR count). The number of carboxylic acids is 1. The molecular weight excluding hydrogens is 244 g/mol. The van der Waals surface area contributed by atoms with E-state index >= 15 is 0 Å². The maximum absolute atomic E-state index is 12.3. The van der Waals surface area contributed by atoms with Crippen LogP contribution in [0.25, 0.3) is 0 Å². The quantitative estimate of drug-likeness (QED) is 0.813. The average Bonchev–Trinajstić information content (AvgIpc) is 3.20. The van der Waals surface area contributed by atoms with Gasteiger partial charge in [-0.1, -0.05) is 6.92 Å². The molecule has 1 fully saturated rings. The van der Waals surface area contributed by atoms with E-state index in [1.54, 1.807) is 19.2 Å². The molecule has 0 heterocycles. The van der Waals surface area contributed by atoms with Gasteiger partial charge in [0.15, 0.2) is 0 Å². The molecule has 5 nitrogen and oxygen atoms in total. The lowest BCUT2D eigenvalue weighted by molar-refractivity contribution is -0.122. The van der Waals surface area contributed by atoms with Crippen molar-refractivity contribution in [3.8, 4) is 0 Å². The van der Waals surface area contributed by atoms with Crippen molar-refractivity contribution in [2.45, 2.75) is 19.8 Å². The maximum atomic E-state index is 12.3. The van der Waals surface area contributed by atoms with E-state index in [1.165, 1.54) is 11.0 Å². The summed E-state index contributed by atoms with van der Waals surface area (Å²) in [5.41, 5.74) is 6.41. The van der Waals surface area contributed by atoms with Crippen LogP contribution in [0.1, 0.15) is 30.1 Å². The first-order valence-electron chi connectivity index (χ1n) is 6.32. The molecule has 1 aromatic rings. The number of nitrogens with zero attached hydrogens (tertiary/aromatic N) is 1. The largest absolute Gasteiger partial charge is 0.478 e. The van der Waals surface area contributed by atoms with Gasteiger partial charge in [0.2, 0.25) is 5.91 Å². The molecule has 102 valence electrons. The molecule has 3 N–H and O–H groups in total. The van der Waals surface area contributed by atoms with E-state index in [-0.39, 0.29) is 17.4 Å². The third kappa shape index (κ3) is 2.70. The number of amides is 1. The lowest BCUT2D eigenvalue weighted by Gasteiger charge is -2.23. The van der Waals surface area contributed by atoms with Crippen molar-refractivity contribution in [3.05, 3.63) is 23.8 Å². The van der Waals surface area contributed by atoms with E-state index in [1.807, 2.05) is 6.92 Å². The Morgan fingerprint density at radius 3 is 2.58 bits per heavy atom. The molecule has 0 bridgehead atoms. The highest BCUT2D eigenvalue weighted by atomic mass is 16.4. The molecule has 1 atom stereocenters. The van der Waals surface area contributed by atoms with E-state index < -0.39 is 5.97 Å². The minimum absolute atomic E-state index is 0.0465. The van der Waals surface area contributed by atoms with Crippen molar-refractivity contribution in [2.75, 3.05) is 17.7 Å². The Morgan fingerprint density at radius 2 is 2.05 bits per heavy atom. The standard InChI is InChI=1S/C14H18N2O3/c1-8(9-3-4-9)13(17)16(2)12-6-5-10(15)7-11(12)14(18)19/h5-9H,3-4,15H2,1-2H3,(H,18,19). The van der Waals surface area contributed by atoms with Gasteiger partial charge in [-0.25, -0.2) is 4.79 Å². The van der Waals surface area contributed by atoms with Gasteiger partial charge in [0.25, 0.3) is 0 Å². The molecule has 1 unspecified atom stereocenters. The second-order valence-corrected chi connectivity index (χ2v) is 5.11. The summed E-state index contributed by atoms with van der Waals surface area (Å²) < 4.78 is 0. The Labute approximate surface area is 112 Å². The molecule has 1 aromatic carbocycles. The molecule has 0 aromatic heterocycles. The summed E-state index contributed by atoms with van der Waals surface area (Å²) in [4.78, 5) is 24.9. The normalized spacial score (nSPS) is 15.9. The van der Waals surface area contributed by atoms with Gasteiger partial charge in [-0.3, -0.25) is 4.79 Å². The van der Waals surface area contributed by atoms with Crippen LogP contribution < -0.4 is 10.6 Å². The fourth-order valence-electron chi connectivity index (χ4n) is 2.24. The third-order valence-corrected chi connectivity index (χ3v) is 3.66. The number of carboxylic acid groups (broad SMARTS) is 1. The van der Waals surface area contributed by atoms with Crippen LogP contribution in [0.5, 0.6) is 0 Å². The number of hydrogen-bond donors (Lipinski definition) is 2. The zero-order valence-corrected chi connectivity index (χ0v) is 11.1. The van der Waals surface area contributed by atoms with Gasteiger partial charge in [0, 0.05) is 18.7 Å². The van der Waals surface area contributed by atoms with Crippen molar-refractivity contribution in [1.82, 2.24) is 0 Å². The zero-order valence-electron chi connectivity index (χ0n) is 11.1. The number of carbonyl (C=O) groups excluding carboxylic acids is 1. The van der Waals surface area contributed by atoms with Crippen LogP contribution in [0.3, 0.4) is 0 Å². The number of aromatic carboxylic acids is 1. The number of rotatable bonds is 4. The van der Waals surface area contributed by atoms with Crippen LogP contribution in [0, 0.1) is 11.8 Å². The van der Waals surface area contributed by atoms with Crippen LogP contribution in [-0.2, 0) is 4.79 Å². The fraction of sp³-hybridized carbons (Fsp3) is 0.429. The minimum Gasteiger partial charge on any atom is -0.478 e. The maximum Gasteiger partial charge on any atom is 0.337 e. The van der Waals surface area contributed by atoms with Gasteiger partial charge in [0.1, 0.15) is 0 Å². The van der Waals surface area contributed by atoms with Crippen LogP contribution in [-0.4, -0.2) is 24.0 Å². The highest BCUT2D eigenvalue weighted by Crippen LogP contribution is 2.38. The Morgan fingerprint density at radius 1 is 1.42 bits per heavy atom. The summed E-state index contributed by atoms with van der Waals surface area (Å²) in [6.45, 7) is 1.90. The zero-order chi connectivity index (χ0) is 14.2. The fourth-order valence-corrected chi connectivity index (χ4v) is 2.24. The smallest absolute Gasteiger partial charge is 0.337 e. The molecule has 0 spiro atoms. The minimum atomic E-state index is -1.08. The summed E-state index contributed by atoms with van der Waals surface area (Å²) in [5.74, 6) is -0.753. The number of benzene rings is 1. The van der Waals surface area contributed by atoms with Crippen molar-refractivity contribution in [3.63, 3.8) is 0 Å². The van der Waals surface area contributed by atoms with Gasteiger partial charge in [0.05, 0.1) is 11.3 Å². The van der Waals surface area contributed by atoms with E-state index in [0.717, 1.165) is 12.8 Å². The summed E-state index contributed by atoms with van der Waals surface area (Å²) in [5, 5.41) is 9.19. The van der Waals surface area contributed by atoms with Crippen molar-refractivity contribution < 1.29 is 14.7 Å². The molecule has 1 aliphatic carbocycles. The molecular formula is C14H18N2O3. The number of anilines is 2. The summed E-state index contributed by atoms with van der Waals surface area (Å²) in [6.07, 6.45) is 2.16. The van der Waals surface area contributed by atoms with Crippen molar-refractivity contribution in [1.29, 1.82) is 0 Å². The van der Waals surface area contributed by atoms with E-state index in [0.29, 0.717) is 17.3 Å². The predicted octanol–water partition coefficient (Wildman–Crippen LogP) is 1.98. The SMILES string of the molecule is CC(C(=O)N(C)c1ccc(N)cc1C(=O)O)C1CC1. The molecule has 1 saturated carbocycles. The number of carbonyl (C=O) groups is 2. The van der Waals surface area contributed by atoms with Crippen molar-refractivity contribution >= 4 is 23.3 Å². The van der Waals surface area contributed by atoms with Crippen LogP contribution in [0.4, 0.5) is 11.4 Å². The summed E-state index contributed by atoms with van der Waals surface area (Å²) >= 11 is 0. The molecule has 19 heavy (non-hydrogen) atoms. The first kappa shape index (κ1) is 13.4. The molecule has 1 aliphatic rings. The number of nitrogen functional groups attached to an aromatic ring is 1. The second-order valence-electron chi connectivity index (χ2n) is 5.11. The van der Waals surface area contributed by atoms with E-state index in [9.17, 15) is 14.7 Å². The molecule has 1 amide bonds. The Bertz CT molecular complexity index is 523. The Kier molecular flexibility index (Phi) is 3.46. The topological polar surface area (TPSA) is 83.6 Å². The predicted molar refractivity (Wildman–Crippen MR) is 73.1 cm³/mol. The molecule has 5 heteroatoms. The van der Waals surface area contributed by atoms with Gasteiger partial charge in [-0.2, -0.15) is 0 Å². The number of nitrogens with two attached hydrogens (primary N) is 1. The first-order chi connectivity index (χ1) is 8.91. The van der Waals surface area contributed by atoms with E-state index in [4.69, 9.17) is 5.73 Å². The molecule has 0 aliphatic heterocycles. The van der Waals surface area contributed by atoms with Gasteiger partial charge >= 0.3 is 5.97 Å². The van der Waals surface area contributed by atoms with Crippen molar-refractivity contribution in [2.24, 2.45) is 11.8 Å². The molecule has 0 saturated heterocycles. The Balaban J connectivity index is 2.29.